The van der Waals surface area contributed by atoms with E-state index in [1.165, 1.54) is 27.4 Å². The van der Waals surface area contributed by atoms with Gasteiger partial charge in [0, 0.05) is 17.6 Å². The lowest BCUT2D eigenvalue weighted by Gasteiger charge is -2.12. The summed E-state index contributed by atoms with van der Waals surface area (Å²) in [5, 5.41) is 6.16. The van der Waals surface area contributed by atoms with Crippen molar-refractivity contribution in [2.24, 2.45) is 16.6 Å². The number of rotatable bonds is 5. The number of ether oxygens (including phenoxy) is 3. The minimum absolute atomic E-state index is 0.100. The van der Waals surface area contributed by atoms with Gasteiger partial charge in [0.1, 0.15) is 0 Å². The molecule has 0 heterocycles. The number of nitrogens with zero attached hydrogens (tertiary/aromatic N) is 1. The van der Waals surface area contributed by atoms with Crippen LogP contribution in [-0.4, -0.2) is 32.4 Å². The molecule has 0 unspecified atom stereocenters. The zero-order chi connectivity index (χ0) is 15.1. The van der Waals surface area contributed by atoms with Gasteiger partial charge in [-0.3, -0.25) is 4.79 Å². The first-order valence-corrected chi connectivity index (χ1v) is 5.59. The summed E-state index contributed by atoms with van der Waals surface area (Å²) < 4.78 is 15.4. The van der Waals surface area contributed by atoms with E-state index in [9.17, 15) is 4.79 Å². The van der Waals surface area contributed by atoms with Gasteiger partial charge in [-0.25, -0.2) is 0 Å². The first-order chi connectivity index (χ1) is 9.47. The first-order valence-electron chi connectivity index (χ1n) is 5.59. The van der Waals surface area contributed by atoms with Gasteiger partial charge < -0.3 is 25.7 Å². The van der Waals surface area contributed by atoms with E-state index in [4.69, 9.17) is 25.7 Å². The Kier molecular flexibility index (Phi) is 5.33. The van der Waals surface area contributed by atoms with Gasteiger partial charge in [-0.05, 0) is 12.1 Å². The monoisotopic (exact) mass is 281 g/mol. The van der Waals surface area contributed by atoms with E-state index in [2.05, 4.69) is 10.2 Å². The number of benzene rings is 1. The van der Waals surface area contributed by atoms with Crippen LogP contribution < -0.4 is 30.8 Å². The summed E-state index contributed by atoms with van der Waals surface area (Å²) in [6, 6.07) is 3.27. The van der Waals surface area contributed by atoms with Gasteiger partial charge in [0.05, 0.1) is 14.2 Å². The van der Waals surface area contributed by atoms with Gasteiger partial charge in [0.25, 0.3) is 5.96 Å². The highest BCUT2D eigenvalue weighted by atomic mass is 16.6. The molecule has 0 saturated carbocycles. The Labute approximate surface area is 116 Å². The Bertz CT molecular complexity index is 525. The number of hydrazone groups is 1. The number of hydrogen-bond acceptors (Lipinski definition) is 5. The van der Waals surface area contributed by atoms with Crippen molar-refractivity contribution < 1.29 is 24.1 Å². The molecule has 0 amide bonds. The predicted octanol–water partition coefficient (Wildman–Crippen LogP) is -1.68. The molecular weight excluding hydrogens is 264 g/mol. The minimum Gasteiger partial charge on any atom is -0.493 e. The Hall–Kier alpha value is -2.77. The maximum absolute atomic E-state index is 11.1. The number of carbonyl (C=O) groups is 1. The van der Waals surface area contributed by atoms with Crippen LogP contribution in [0.3, 0.4) is 0 Å². The quantitative estimate of drug-likeness (QED) is 0.195. The van der Waals surface area contributed by atoms with Gasteiger partial charge in [-0.2, -0.15) is 0 Å². The maximum Gasteiger partial charge on any atom is 0.308 e. The molecule has 0 spiro atoms. The standard InChI is InChI=1S/C12H16N4O4/c1-7(17)20-11-9(18-2)4-8(5-10(11)19-3)6-15-16-12(13)14/h4-6H,1-3H3,(H4,13,14,16)/p+1/b15-6-. The Morgan fingerprint density at radius 3 is 2.20 bits per heavy atom. The van der Waals surface area contributed by atoms with Crippen LogP contribution in [0.25, 0.3) is 0 Å². The molecule has 1 aromatic rings. The zero-order valence-electron chi connectivity index (χ0n) is 11.5. The van der Waals surface area contributed by atoms with Crippen LogP contribution in [0.4, 0.5) is 0 Å². The van der Waals surface area contributed by atoms with Crippen molar-refractivity contribution in [2.45, 2.75) is 6.92 Å². The van der Waals surface area contributed by atoms with E-state index in [0.29, 0.717) is 17.1 Å². The molecule has 0 bridgehead atoms. The molecule has 0 radical (unpaired) electrons. The van der Waals surface area contributed by atoms with Crippen molar-refractivity contribution in [3.8, 4) is 17.2 Å². The van der Waals surface area contributed by atoms with Crippen LogP contribution in [0.5, 0.6) is 17.2 Å². The van der Waals surface area contributed by atoms with Crippen molar-refractivity contribution >= 4 is 18.1 Å². The molecule has 20 heavy (non-hydrogen) atoms. The topological polar surface area (TPSA) is 123 Å². The van der Waals surface area contributed by atoms with Crippen molar-refractivity contribution in [1.29, 1.82) is 0 Å². The third kappa shape index (κ3) is 4.16. The molecule has 5 N–H and O–H groups in total. The Morgan fingerprint density at radius 2 is 1.80 bits per heavy atom. The SMILES string of the molecule is COc1cc(/C=[NH+]\N=C(N)N)cc(OC)c1OC(C)=O. The molecule has 8 nitrogen and oxygen atoms in total. The Balaban J connectivity index is 3.21. The molecule has 0 aromatic heterocycles. The van der Waals surface area contributed by atoms with Crippen LogP contribution in [-0.2, 0) is 4.79 Å². The number of nitrogens with two attached hydrogens (primary N) is 2. The van der Waals surface area contributed by atoms with Crippen LogP contribution >= 0.6 is 0 Å². The molecule has 0 aliphatic heterocycles. The summed E-state index contributed by atoms with van der Waals surface area (Å²) in [5.74, 6) is 0.324. The molecule has 8 heteroatoms. The molecule has 1 aromatic carbocycles. The van der Waals surface area contributed by atoms with Crippen LogP contribution in [0, 0.1) is 0 Å². The van der Waals surface area contributed by atoms with Crippen LogP contribution in [0.1, 0.15) is 12.5 Å². The smallest absolute Gasteiger partial charge is 0.308 e. The summed E-state index contributed by atoms with van der Waals surface area (Å²) in [6.07, 6.45) is 1.53. The van der Waals surface area contributed by atoms with E-state index < -0.39 is 5.97 Å². The normalized spacial score (nSPS) is 10.2. The second-order valence-corrected chi connectivity index (χ2v) is 3.66. The van der Waals surface area contributed by atoms with Crippen molar-refractivity contribution in [3.63, 3.8) is 0 Å². The Morgan fingerprint density at radius 1 is 1.25 bits per heavy atom. The van der Waals surface area contributed by atoms with E-state index in [1.54, 1.807) is 12.1 Å². The van der Waals surface area contributed by atoms with Gasteiger partial charge in [-0.1, -0.05) is 0 Å². The van der Waals surface area contributed by atoms with Crippen molar-refractivity contribution in [1.82, 2.24) is 0 Å². The van der Waals surface area contributed by atoms with E-state index in [-0.39, 0.29) is 11.7 Å². The van der Waals surface area contributed by atoms with Crippen LogP contribution in [0.2, 0.25) is 0 Å². The molecule has 0 aliphatic rings. The number of carbonyl (C=O) groups excluding carboxylic acids is 1. The highest BCUT2D eigenvalue weighted by Gasteiger charge is 2.16. The highest BCUT2D eigenvalue weighted by molar-refractivity contribution is 5.80. The summed E-state index contributed by atoms with van der Waals surface area (Å²) >= 11 is 0. The molecule has 108 valence electrons. The molecule has 0 aliphatic carbocycles. The molecule has 0 atom stereocenters. The second kappa shape index (κ2) is 6.98. The lowest BCUT2D eigenvalue weighted by Crippen LogP contribution is -2.63. The number of esters is 1. The molecule has 0 fully saturated rings. The predicted molar refractivity (Wildman–Crippen MR) is 72.8 cm³/mol. The van der Waals surface area contributed by atoms with Gasteiger partial charge in [0.15, 0.2) is 11.5 Å². The average molecular weight is 281 g/mol. The third-order valence-electron chi connectivity index (χ3n) is 2.15. The zero-order valence-corrected chi connectivity index (χ0v) is 11.5. The molecule has 1 rings (SSSR count). The van der Waals surface area contributed by atoms with Gasteiger partial charge >= 0.3 is 5.97 Å². The number of guanidine groups is 1. The lowest BCUT2D eigenvalue weighted by atomic mass is 10.2. The van der Waals surface area contributed by atoms with Gasteiger partial charge in [-0.15, -0.1) is 5.10 Å². The lowest BCUT2D eigenvalue weighted by molar-refractivity contribution is -0.456. The highest BCUT2D eigenvalue weighted by Crippen LogP contribution is 2.38. The average Bonchev–Trinajstić information content (AvgIpc) is 2.38. The van der Waals surface area contributed by atoms with E-state index in [0.717, 1.165) is 0 Å². The van der Waals surface area contributed by atoms with Crippen molar-refractivity contribution in [2.75, 3.05) is 14.2 Å². The fraction of sp³-hybridized carbons (Fsp3) is 0.250. The van der Waals surface area contributed by atoms with E-state index >= 15 is 0 Å². The largest absolute Gasteiger partial charge is 0.493 e. The molecule has 0 saturated heterocycles. The summed E-state index contributed by atoms with van der Waals surface area (Å²) in [4.78, 5) is 11.1. The number of hydrogen-bond donors (Lipinski definition) is 3. The fourth-order valence-corrected chi connectivity index (χ4v) is 1.41. The molecular formula is C12H17N4O4+. The summed E-state index contributed by atoms with van der Waals surface area (Å²) in [5.41, 5.74) is 11.0. The van der Waals surface area contributed by atoms with Crippen molar-refractivity contribution in [3.05, 3.63) is 17.7 Å². The number of methoxy groups -OCH3 is 2. The number of nitrogens with one attached hydrogen (secondary N) is 1. The summed E-state index contributed by atoms with van der Waals surface area (Å²) in [6.45, 7) is 1.29. The first kappa shape index (κ1) is 15.3. The maximum atomic E-state index is 11.1. The van der Waals surface area contributed by atoms with Crippen LogP contribution in [0.15, 0.2) is 17.2 Å². The van der Waals surface area contributed by atoms with E-state index in [1.807, 2.05) is 0 Å². The summed E-state index contributed by atoms with van der Waals surface area (Å²) in [7, 11) is 2.91. The second-order valence-electron chi connectivity index (χ2n) is 3.66. The fourth-order valence-electron chi connectivity index (χ4n) is 1.41. The minimum atomic E-state index is -0.475. The van der Waals surface area contributed by atoms with Gasteiger partial charge in [0.2, 0.25) is 12.0 Å². The third-order valence-corrected chi connectivity index (χ3v) is 2.15.